The Morgan fingerprint density at radius 2 is 1.59 bits per heavy atom. The van der Waals surface area contributed by atoms with E-state index in [1.54, 1.807) is 0 Å². The van der Waals surface area contributed by atoms with Crippen LogP contribution in [0.3, 0.4) is 0 Å². The molecule has 3 nitrogen and oxygen atoms in total. The van der Waals surface area contributed by atoms with E-state index in [9.17, 15) is 9.59 Å². The molecule has 1 fully saturated rings. The molecule has 3 heteroatoms. The van der Waals surface area contributed by atoms with Gasteiger partial charge in [-0.05, 0) is 24.5 Å². The second kappa shape index (κ2) is 6.14. The summed E-state index contributed by atoms with van der Waals surface area (Å²) in [6, 6.07) is 19.4. The Morgan fingerprint density at radius 1 is 1.00 bits per heavy atom. The molecule has 2 amide bonds. The molecule has 1 heterocycles. The van der Waals surface area contributed by atoms with Gasteiger partial charge in [0.2, 0.25) is 11.8 Å². The highest BCUT2D eigenvalue weighted by Crippen LogP contribution is 2.31. The van der Waals surface area contributed by atoms with E-state index in [4.69, 9.17) is 0 Å². The molecule has 1 aliphatic rings. The van der Waals surface area contributed by atoms with Crippen LogP contribution in [0, 0.1) is 5.92 Å². The van der Waals surface area contributed by atoms with Crippen molar-refractivity contribution in [2.75, 3.05) is 0 Å². The van der Waals surface area contributed by atoms with Crippen LogP contribution in [-0.2, 0) is 16.0 Å². The number of hydrogen-bond donors (Lipinski definition) is 0. The third-order valence-corrected chi connectivity index (χ3v) is 4.27. The summed E-state index contributed by atoms with van der Waals surface area (Å²) in [6.45, 7) is 1.91. The molecule has 22 heavy (non-hydrogen) atoms. The summed E-state index contributed by atoms with van der Waals surface area (Å²) >= 11 is 0. The summed E-state index contributed by atoms with van der Waals surface area (Å²) in [5, 5.41) is 0. The van der Waals surface area contributed by atoms with Gasteiger partial charge < -0.3 is 0 Å². The van der Waals surface area contributed by atoms with Crippen LogP contribution in [0.4, 0.5) is 0 Å². The molecule has 2 aromatic carbocycles. The Balaban J connectivity index is 1.77. The number of amides is 2. The van der Waals surface area contributed by atoms with Crippen LogP contribution < -0.4 is 0 Å². The van der Waals surface area contributed by atoms with E-state index in [-0.39, 0.29) is 23.8 Å². The number of carbonyl (C=O) groups is 2. The second-order valence-electron chi connectivity index (χ2n) is 5.78. The Kier molecular flexibility index (Phi) is 4.05. The highest BCUT2D eigenvalue weighted by Gasteiger charge is 2.41. The zero-order valence-corrected chi connectivity index (χ0v) is 12.6. The minimum Gasteiger partial charge on any atom is -0.275 e. The minimum absolute atomic E-state index is 0.0507. The van der Waals surface area contributed by atoms with E-state index in [1.807, 2.05) is 67.6 Å². The van der Waals surface area contributed by atoms with Gasteiger partial charge in [-0.25, -0.2) is 0 Å². The molecule has 2 aromatic rings. The quantitative estimate of drug-likeness (QED) is 0.811. The molecule has 1 aliphatic heterocycles. The molecule has 0 bridgehead atoms. The van der Waals surface area contributed by atoms with Crippen molar-refractivity contribution >= 4 is 11.8 Å². The molecule has 1 unspecified atom stereocenters. The Morgan fingerprint density at radius 3 is 2.23 bits per heavy atom. The van der Waals surface area contributed by atoms with Gasteiger partial charge in [0.05, 0.1) is 12.0 Å². The van der Waals surface area contributed by atoms with E-state index < -0.39 is 0 Å². The average Bonchev–Trinajstić information content (AvgIpc) is 2.82. The van der Waals surface area contributed by atoms with Crippen LogP contribution >= 0.6 is 0 Å². The maximum absolute atomic E-state index is 12.6. The second-order valence-corrected chi connectivity index (χ2v) is 5.78. The molecular weight excluding hydrogens is 274 g/mol. The molecule has 3 rings (SSSR count). The molecule has 2 atom stereocenters. The fraction of sp³-hybridized carbons (Fsp3) is 0.263. The summed E-state index contributed by atoms with van der Waals surface area (Å²) in [5.74, 6) is -0.353. The zero-order chi connectivity index (χ0) is 15.5. The van der Waals surface area contributed by atoms with E-state index in [2.05, 4.69) is 0 Å². The lowest BCUT2D eigenvalue weighted by atomic mass is 9.98. The predicted octanol–water partition coefficient (Wildman–Crippen LogP) is 3.37. The lowest BCUT2D eigenvalue weighted by Crippen LogP contribution is -2.33. The van der Waals surface area contributed by atoms with Crippen LogP contribution in [0.1, 0.15) is 30.5 Å². The molecule has 0 spiro atoms. The monoisotopic (exact) mass is 293 g/mol. The number of likely N-dealkylation sites (tertiary alicyclic amines) is 1. The van der Waals surface area contributed by atoms with Gasteiger partial charge in [-0.3, -0.25) is 14.5 Å². The first-order valence-corrected chi connectivity index (χ1v) is 7.61. The largest absolute Gasteiger partial charge is 0.275 e. The lowest BCUT2D eigenvalue weighted by molar-refractivity contribution is -0.141. The van der Waals surface area contributed by atoms with E-state index in [0.717, 1.165) is 11.1 Å². The highest BCUT2D eigenvalue weighted by atomic mass is 16.2. The van der Waals surface area contributed by atoms with Crippen LogP contribution in [0.15, 0.2) is 60.7 Å². The Labute approximate surface area is 130 Å². The van der Waals surface area contributed by atoms with E-state index >= 15 is 0 Å². The maximum Gasteiger partial charge on any atom is 0.233 e. The normalized spacial score (nSPS) is 19.5. The molecule has 0 aliphatic carbocycles. The summed E-state index contributed by atoms with van der Waals surface area (Å²) in [4.78, 5) is 26.4. The van der Waals surface area contributed by atoms with E-state index in [1.165, 1.54) is 4.90 Å². The highest BCUT2D eigenvalue weighted by molar-refractivity contribution is 6.04. The van der Waals surface area contributed by atoms with Gasteiger partial charge in [0, 0.05) is 6.42 Å². The van der Waals surface area contributed by atoms with Gasteiger partial charge >= 0.3 is 0 Å². The van der Waals surface area contributed by atoms with Crippen molar-refractivity contribution in [1.82, 2.24) is 4.90 Å². The molecular formula is C19H19NO2. The van der Waals surface area contributed by atoms with Crippen molar-refractivity contribution in [3.8, 4) is 0 Å². The van der Waals surface area contributed by atoms with Crippen LogP contribution in [0.2, 0.25) is 0 Å². The topological polar surface area (TPSA) is 37.4 Å². The summed E-state index contributed by atoms with van der Waals surface area (Å²) in [7, 11) is 0. The number of imide groups is 1. The van der Waals surface area contributed by atoms with Crippen LogP contribution in [0.25, 0.3) is 0 Å². The smallest absolute Gasteiger partial charge is 0.233 e. The van der Waals surface area contributed by atoms with E-state index in [0.29, 0.717) is 12.8 Å². The van der Waals surface area contributed by atoms with Crippen molar-refractivity contribution in [2.24, 2.45) is 5.92 Å². The number of hydrogen-bond acceptors (Lipinski definition) is 2. The third-order valence-electron chi connectivity index (χ3n) is 4.27. The molecule has 0 aromatic heterocycles. The molecule has 112 valence electrons. The first-order chi connectivity index (χ1) is 10.7. The number of rotatable bonds is 4. The SMILES string of the molecule is C[C@@H](c1ccccc1)N1C(=O)CC(Cc2ccccc2)C1=O. The van der Waals surface area contributed by atoms with Crippen LogP contribution in [-0.4, -0.2) is 16.7 Å². The standard InChI is InChI=1S/C19H19NO2/c1-14(16-10-6-3-7-11-16)20-18(21)13-17(19(20)22)12-15-8-4-2-5-9-15/h2-11,14,17H,12-13H2,1H3/t14-,17?/m0/s1. The average molecular weight is 293 g/mol. The Bertz CT molecular complexity index is 666. The maximum atomic E-state index is 12.6. The first kappa shape index (κ1) is 14.5. The van der Waals surface area contributed by atoms with Crippen molar-refractivity contribution in [3.63, 3.8) is 0 Å². The lowest BCUT2D eigenvalue weighted by Gasteiger charge is -2.23. The van der Waals surface area contributed by atoms with Gasteiger partial charge in [-0.15, -0.1) is 0 Å². The predicted molar refractivity (Wildman–Crippen MR) is 85.0 cm³/mol. The van der Waals surface area contributed by atoms with Crippen LogP contribution in [0.5, 0.6) is 0 Å². The van der Waals surface area contributed by atoms with Gasteiger partial charge in [0.1, 0.15) is 0 Å². The Hall–Kier alpha value is -2.42. The van der Waals surface area contributed by atoms with Gasteiger partial charge in [0.25, 0.3) is 0 Å². The van der Waals surface area contributed by atoms with Crippen molar-refractivity contribution in [1.29, 1.82) is 0 Å². The summed E-state index contributed by atoms with van der Waals surface area (Å²) < 4.78 is 0. The van der Waals surface area contributed by atoms with Crippen molar-refractivity contribution in [2.45, 2.75) is 25.8 Å². The fourth-order valence-electron chi connectivity index (χ4n) is 3.06. The third kappa shape index (κ3) is 2.80. The number of nitrogens with zero attached hydrogens (tertiary/aromatic N) is 1. The summed E-state index contributed by atoms with van der Waals surface area (Å²) in [5.41, 5.74) is 2.09. The number of carbonyl (C=O) groups excluding carboxylic acids is 2. The summed E-state index contributed by atoms with van der Waals surface area (Å²) in [6.07, 6.45) is 0.939. The van der Waals surface area contributed by atoms with Gasteiger partial charge in [-0.1, -0.05) is 60.7 Å². The van der Waals surface area contributed by atoms with Crippen molar-refractivity contribution in [3.05, 3.63) is 71.8 Å². The molecule has 1 saturated heterocycles. The van der Waals surface area contributed by atoms with Crippen molar-refractivity contribution < 1.29 is 9.59 Å². The molecule has 0 N–H and O–H groups in total. The molecule has 0 saturated carbocycles. The van der Waals surface area contributed by atoms with Gasteiger partial charge in [-0.2, -0.15) is 0 Å². The van der Waals surface area contributed by atoms with Gasteiger partial charge in [0.15, 0.2) is 0 Å². The molecule has 0 radical (unpaired) electrons. The zero-order valence-electron chi connectivity index (χ0n) is 12.6. The fourth-order valence-corrected chi connectivity index (χ4v) is 3.06. The number of benzene rings is 2. The minimum atomic E-state index is -0.235. The first-order valence-electron chi connectivity index (χ1n) is 7.61.